The van der Waals surface area contributed by atoms with E-state index in [1.54, 1.807) is 6.92 Å². The summed E-state index contributed by atoms with van der Waals surface area (Å²) in [7, 11) is 0. The van der Waals surface area contributed by atoms with E-state index in [0.29, 0.717) is 0 Å². The minimum atomic E-state index is -0.384. The summed E-state index contributed by atoms with van der Waals surface area (Å²) >= 11 is 1.85. The number of imidazole rings is 1. The zero-order chi connectivity index (χ0) is 12.8. The van der Waals surface area contributed by atoms with Gasteiger partial charge in [-0.1, -0.05) is 12.1 Å². The quantitative estimate of drug-likeness (QED) is 0.642. The molecule has 0 spiro atoms. The molecule has 4 heteroatoms. The fraction of sp³-hybridized carbons (Fsp3) is 0.357. The maximum absolute atomic E-state index is 9.42. The average molecular weight is 262 g/mol. The van der Waals surface area contributed by atoms with Crippen molar-refractivity contribution in [1.29, 1.82) is 0 Å². The predicted octanol–water partition coefficient (Wildman–Crippen LogP) is 3.12. The Hall–Kier alpha value is -1.26. The molecule has 0 saturated carbocycles. The zero-order valence-electron chi connectivity index (χ0n) is 10.5. The second-order valence-electron chi connectivity index (χ2n) is 4.25. The Bertz CT molecular complexity index is 451. The molecule has 1 aromatic heterocycles. The molecule has 0 aliphatic carbocycles. The molecule has 2 rings (SSSR count). The Morgan fingerprint density at radius 3 is 2.72 bits per heavy atom. The third-order valence-electron chi connectivity index (χ3n) is 2.75. The third-order valence-corrected chi connectivity index (χ3v) is 3.85. The molecule has 1 heterocycles. The fourth-order valence-corrected chi connectivity index (χ4v) is 2.54. The molecule has 1 N–H and O–H groups in total. The minimum absolute atomic E-state index is 0.384. The molecular weight excluding hydrogens is 244 g/mol. The maximum Gasteiger partial charge on any atom is 0.0945 e. The van der Waals surface area contributed by atoms with E-state index in [-0.39, 0.29) is 6.10 Å². The van der Waals surface area contributed by atoms with Crippen LogP contribution in [0.15, 0.2) is 47.9 Å². The number of aryl methyl sites for hydroxylation is 1. The van der Waals surface area contributed by atoms with Crippen LogP contribution in [0.3, 0.4) is 0 Å². The summed E-state index contributed by atoms with van der Waals surface area (Å²) in [4.78, 5) is 5.27. The van der Waals surface area contributed by atoms with Crippen molar-refractivity contribution in [2.24, 2.45) is 0 Å². The van der Waals surface area contributed by atoms with E-state index in [4.69, 9.17) is 0 Å². The smallest absolute Gasteiger partial charge is 0.0945 e. The largest absolute Gasteiger partial charge is 0.389 e. The summed E-state index contributed by atoms with van der Waals surface area (Å²) in [6.45, 7) is 2.80. The first-order valence-electron chi connectivity index (χ1n) is 6.12. The van der Waals surface area contributed by atoms with Gasteiger partial charge in [-0.3, -0.25) is 0 Å². The van der Waals surface area contributed by atoms with Crippen LogP contribution in [0.2, 0.25) is 0 Å². The van der Waals surface area contributed by atoms with E-state index in [1.807, 2.05) is 42.6 Å². The minimum Gasteiger partial charge on any atom is -0.389 e. The summed E-state index contributed by atoms with van der Waals surface area (Å²) in [5.41, 5.74) is 0.970. The van der Waals surface area contributed by atoms with Crippen LogP contribution in [-0.4, -0.2) is 20.4 Å². The number of hydrogen-bond donors (Lipinski definition) is 1. The van der Waals surface area contributed by atoms with Crippen molar-refractivity contribution >= 4 is 11.8 Å². The van der Waals surface area contributed by atoms with Crippen LogP contribution in [0.5, 0.6) is 0 Å². The van der Waals surface area contributed by atoms with Gasteiger partial charge in [0.25, 0.3) is 0 Å². The Kier molecular flexibility index (Phi) is 4.84. The second kappa shape index (κ2) is 6.61. The topological polar surface area (TPSA) is 38.0 Å². The summed E-state index contributed by atoms with van der Waals surface area (Å²) in [6.07, 6.45) is 6.39. The molecule has 1 unspecified atom stereocenters. The number of aliphatic hydroxyl groups excluding tert-OH is 1. The van der Waals surface area contributed by atoms with Crippen LogP contribution in [-0.2, 0) is 6.54 Å². The Balaban J connectivity index is 1.73. The van der Waals surface area contributed by atoms with E-state index >= 15 is 0 Å². The average Bonchev–Trinajstić information content (AvgIpc) is 2.88. The highest BCUT2D eigenvalue weighted by atomic mass is 32.2. The monoisotopic (exact) mass is 262 g/mol. The molecule has 1 aromatic carbocycles. The molecule has 0 radical (unpaired) electrons. The van der Waals surface area contributed by atoms with Crippen LogP contribution in [0.4, 0.5) is 0 Å². The lowest BCUT2D eigenvalue weighted by molar-refractivity contribution is 0.199. The highest BCUT2D eigenvalue weighted by molar-refractivity contribution is 7.99. The molecule has 2 aromatic rings. The number of rotatable bonds is 6. The molecule has 1 atom stereocenters. The van der Waals surface area contributed by atoms with Crippen molar-refractivity contribution in [3.8, 4) is 0 Å². The van der Waals surface area contributed by atoms with Crippen LogP contribution >= 0.6 is 11.8 Å². The first-order valence-corrected chi connectivity index (χ1v) is 7.11. The predicted molar refractivity (Wildman–Crippen MR) is 74.6 cm³/mol. The summed E-state index contributed by atoms with van der Waals surface area (Å²) < 4.78 is 2.09. The van der Waals surface area contributed by atoms with Gasteiger partial charge in [0.15, 0.2) is 0 Å². The first kappa shape index (κ1) is 13.2. The van der Waals surface area contributed by atoms with Crippen LogP contribution < -0.4 is 0 Å². The number of hydrogen-bond acceptors (Lipinski definition) is 3. The normalized spacial score (nSPS) is 12.6. The van der Waals surface area contributed by atoms with Crippen molar-refractivity contribution in [2.75, 3.05) is 5.75 Å². The summed E-state index contributed by atoms with van der Waals surface area (Å²) in [6, 6.07) is 8.12. The second-order valence-corrected chi connectivity index (χ2v) is 5.42. The lowest BCUT2D eigenvalue weighted by atomic mass is 10.1. The number of aromatic nitrogens is 2. The van der Waals surface area contributed by atoms with Crippen molar-refractivity contribution in [1.82, 2.24) is 9.55 Å². The maximum atomic E-state index is 9.42. The van der Waals surface area contributed by atoms with Gasteiger partial charge >= 0.3 is 0 Å². The van der Waals surface area contributed by atoms with Crippen LogP contribution in [0.1, 0.15) is 25.0 Å². The van der Waals surface area contributed by atoms with Crippen molar-refractivity contribution < 1.29 is 5.11 Å². The van der Waals surface area contributed by atoms with Crippen LogP contribution in [0, 0.1) is 0 Å². The van der Waals surface area contributed by atoms with Gasteiger partial charge in [0.2, 0.25) is 0 Å². The number of aliphatic hydroxyl groups is 1. The third kappa shape index (κ3) is 3.89. The molecule has 0 fully saturated rings. The van der Waals surface area contributed by atoms with Gasteiger partial charge in [-0.25, -0.2) is 4.98 Å². The first-order chi connectivity index (χ1) is 8.75. The number of benzene rings is 1. The van der Waals surface area contributed by atoms with Gasteiger partial charge in [-0.15, -0.1) is 11.8 Å². The Morgan fingerprint density at radius 1 is 1.33 bits per heavy atom. The lowest BCUT2D eigenvalue weighted by Crippen LogP contribution is -1.95. The molecule has 0 bridgehead atoms. The molecule has 0 amide bonds. The molecule has 0 aliphatic heterocycles. The lowest BCUT2D eigenvalue weighted by Gasteiger charge is -2.06. The van der Waals surface area contributed by atoms with Gasteiger partial charge in [0.05, 0.1) is 12.4 Å². The van der Waals surface area contributed by atoms with Gasteiger partial charge in [-0.05, 0) is 36.8 Å². The summed E-state index contributed by atoms with van der Waals surface area (Å²) in [5.74, 6) is 1.09. The summed E-state index contributed by atoms with van der Waals surface area (Å²) in [5, 5.41) is 9.42. The zero-order valence-corrected chi connectivity index (χ0v) is 11.3. The van der Waals surface area contributed by atoms with E-state index in [2.05, 4.69) is 21.7 Å². The van der Waals surface area contributed by atoms with Crippen molar-refractivity contribution in [3.63, 3.8) is 0 Å². The molecule has 3 nitrogen and oxygen atoms in total. The molecule has 0 saturated heterocycles. The van der Waals surface area contributed by atoms with E-state index in [0.717, 1.165) is 24.3 Å². The van der Waals surface area contributed by atoms with Gasteiger partial charge in [0.1, 0.15) is 0 Å². The molecule has 0 aliphatic rings. The van der Waals surface area contributed by atoms with E-state index in [9.17, 15) is 5.11 Å². The Labute approximate surface area is 112 Å². The van der Waals surface area contributed by atoms with Gasteiger partial charge < -0.3 is 9.67 Å². The number of thioether (sulfide) groups is 1. The SMILES string of the molecule is CC(O)c1ccc(SCCCn2ccnc2)cc1. The molecule has 18 heavy (non-hydrogen) atoms. The Morgan fingerprint density at radius 2 is 2.11 bits per heavy atom. The van der Waals surface area contributed by atoms with E-state index < -0.39 is 0 Å². The van der Waals surface area contributed by atoms with E-state index in [1.165, 1.54) is 4.90 Å². The van der Waals surface area contributed by atoms with Crippen molar-refractivity contribution in [3.05, 3.63) is 48.5 Å². The van der Waals surface area contributed by atoms with Gasteiger partial charge in [0, 0.05) is 23.8 Å². The van der Waals surface area contributed by atoms with Crippen molar-refractivity contribution in [2.45, 2.75) is 30.9 Å². The molecular formula is C14H18N2OS. The fourth-order valence-electron chi connectivity index (χ4n) is 1.70. The number of nitrogens with zero attached hydrogens (tertiary/aromatic N) is 2. The van der Waals surface area contributed by atoms with Gasteiger partial charge in [-0.2, -0.15) is 0 Å². The highest BCUT2D eigenvalue weighted by Crippen LogP contribution is 2.21. The molecule has 96 valence electrons. The van der Waals surface area contributed by atoms with Crippen LogP contribution in [0.25, 0.3) is 0 Å². The highest BCUT2D eigenvalue weighted by Gasteiger charge is 2.00. The standard InChI is InChI=1S/C14H18N2OS/c1-12(17)13-3-5-14(6-4-13)18-10-2-8-16-9-7-15-11-16/h3-7,9,11-12,17H,2,8,10H2,1H3.